The van der Waals surface area contributed by atoms with Crippen molar-refractivity contribution in [1.82, 2.24) is 4.90 Å². The summed E-state index contributed by atoms with van der Waals surface area (Å²) in [6, 6.07) is 6.78. The van der Waals surface area contributed by atoms with Crippen molar-refractivity contribution < 1.29 is 14.5 Å². The Kier molecular flexibility index (Phi) is 4.37. The van der Waals surface area contributed by atoms with E-state index < -0.39 is 4.92 Å². The summed E-state index contributed by atoms with van der Waals surface area (Å²) in [6.45, 7) is 0.290. The molecule has 1 aromatic carbocycles. The SMILES string of the molecule is O=C1c2ccccc2C(=O)N1CCC1C=CC=CC1/C=C/[N+](=O)[O-]. The Hall–Kier alpha value is -3.02. The van der Waals surface area contributed by atoms with E-state index in [1.54, 1.807) is 24.3 Å². The molecule has 122 valence electrons. The number of hydrogen-bond acceptors (Lipinski definition) is 4. The van der Waals surface area contributed by atoms with Gasteiger partial charge in [-0.1, -0.05) is 36.4 Å². The Balaban J connectivity index is 1.68. The second kappa shape index (κ2) is 6.62. The number of nitrogens with zero attached hydrogens (tertiary/aromatic N) is 2. The van der Waals surface area contributed by atoms with E-state index in [1.165, 1.54) is 11.0 Å². The van der Waals surface area contributed by atoms with Crippen LogP contribution in [0.5, 0.6) is 0 Å². The van der Waals surface area contributed by atoms with Gasteiger partial charge in [0.25, 0.3) is 11.8 Å². The maximum Gasteiger partial charge on any atom is 0.261 e. The monoisotopic (exact) mass is 324 g/mol. The van der Waals surface area contributed by atoms with E-state index in [9.17, 15) is 19.7 Å². The van der Waals surface area contributed by atoms with Gasteiger partial charge in [-0.25, -0.2) is 0 Å². The highest BCUT2D eigenvalue weighted by Gasteiger charge is 2.35. The first-order valence-corrected chi connectivity index (χ1v) is 7.70. The number of hydrogen-bond donors (Lipinski definition) is 0. The summed E-state index contributed by atoms with van der Waals surface area (Å²) < 4.78 is 0. The second-order valence-corrected chi connectivity index (χ2v) is 5.73. The molecule has 1 aliphatic carbocycles. The molecule has 0 fully saturated rings. The molecule has 1 aromatic rings. The quantitative estimate of drug-likeness (QED) is 0.474. The summed E-state index contributed by atoms with van der Waals surface area (Å²) in [4.78, 5) is 36.0. The first-order valence-electron chi connectivity index (χ1n) is 7.70. The summed E-state index contributed by atoms with van der Waals surface area (Å²) in [5, 5.41) is 10.5. The number of allylic oxidation sites excluding steroid dienone is 5. The molecule has 0 radical (unpaired) electrons. The molecule has 1 heterocycles. The lowest BCUT2D eigenvalue weighted by Crippen LogP contribution is -2.32. The van der Waals surface area contributed by atoms with Gasteiger partial charge in [0.05, 0.1) is 16.1 Å². The Morgan fingerprint density at radius 1 is 1.08 bits per heavy atom. The van der Waals surface area contributed by atoms with Crippen molar-refractivity contribution >= 4 is 11.8 Å². The molecule has 0 saturated carbocycles. The van der Waals surface area contributed by atoms with Gasteiger partial charge in [-0.15, -0.1) is 0 Å². The number of benzene rings is 1. The van der Waals surface area contributed by atoms with Crippen LogP contribution in [0.15, 0.2) is 60.8 Å². The zero-order valence-electron chi connectivity index (χ0n) is 12.9. The molecule has 0 N–H and O–H groups in total. The topological polar surface area (TPSA) is 80.5 Å². The molecule has 0 saturated heterocycles. The maximum absolute atomic E-state index is 12.3. The maximum atomic E-state index is 12.3. The van der Waals surface area contributed by atoms with Crippen molar-refractivity contribution in [3.8, 4) is 0 Å². The summed E-state index contributed by atoms with van der Waals surface area (Å²) in [5.74, 6) is -0.655. The molecule has 24 heavy (non-hydrogen) atoms. The van der Waals surface area contributed by atoms with Crippen molar-refractivity contribution in [3.05, 3.63) is 82.1 Å². The van der Waals surface area contributed by atoms with Crippen molar-refractivity contribution in [2.24, 2.45) is 11.8 Å². The van der Waals surface area contributed by atoms with Crippen LogP contribution in [0.3, 0.4) is 0 Å². The number of fused-ring (bicyclic) bond motifs is 1. The van der Waals surface area contributed by atoms with Crippen molar-refractivity contribution in [2.45, 2.75) is 6.42 Å². The van der Waals surface area contributed by atoms with Gasteiger partial charge in [0.2, 0.25) is 6.20 Å². The van der Waals surface area contributed by atoms with Crippen LogP contribution in [-0.2, 0) is 0 Å². The minimum absolute atomic E-state index is 0.00973. The summed E-state index contributed by atoms with van der Waals surface area (Å²) in [7, 11) is 0. The molecule has 3 rings (SSSR count). The lowest BCUT2D eigenvalue weighted by Gasteiger charge is -2.23. The summed E-state index contributed by atoms with van der Waals surface area (Å²) in [6.07, 6.45) is 10.6. The third kappa shape index (κ3) is 3.03. The van der Waals surface area contributed by atoms with Gasteiger partial charge in [0.15, 0.2) is 0 Å². The fraction of sp³-hybridized carbons (Fsp3) is 0.222. The van der Waals surface area contributed by atoms with Gasteiger partial charge in [0.1, 0.15) is 0 Å². The van der Waals surface area contributed by atoms with E-state index in [0.29, 0.717) is 17.5 Å². The number of carbonyl (C=O) groups is 2. The van der Waals surface area contributed by atoms with E-state index in [1.807, 2.05) is 24.3 Å². The number of carbonyl (C=O) groups excluding carboxylic acids is 2. The summed E-state index contributed by atoms with van der Waals surface area (Å²) in [5.41, 5.74) is 0.873. The highest BCUT2D eigenvalue weighted by atomic mass is 16.6. The van der Waals surface area contributed by atoms with Crippen LogP contribution < -0.4 is 0 Å². The van der Waals surface area contributed by atoms with Crippen LogP contribution >= 0.6 is 0 Å². The minimum atomic E-state index is -0.493. The Morgan fingerprint density at radius 3 is 2.33 bits per heavy atom. The van der Waals surface area contributed by atoms with Gasteiger partial charge in [-0.2, -0.15) is 0 Å². The molecule has 2 atom stereocenters. The van der Waals surface area contributed by atoms with Gasteiger partial charge >= 0.3 is 0 Å². The van der Waals surface area contributed by atoms with Crippen molar-refractivity contribution in [2.75, 3.05) is 6.54 Å². The zero-order chi connectivity index (χ0) is 17.1. The molecule has 6 nitrogen and oxygen atoms in total. The number of imide groups is 1. The smallest absolute Gasteiger partial charge is 0.261 e. The zero-order valence-corrected chi connectivity index (χ0v) is 12.9. The Morgan fingerprint density at radius 2 is 1.71 bits per heavy atom. The highest BCUT2D eigenvalue weighted by molar-refractivity contribution is 6.21. The van der Waals surface area contributed by atoms with Crippen LogP contribution in [0.4, 0.5) is 0 Å². The molecule has 1 aliphatic heterocycles. The van der Waals surface area contributed by atoms with Crippen molar-refractivity contribution in [1.29, 1.82) is 0 Å². The van der Waals surface area contributed by atoms with Crippen LogP contribution in [0.2, 0.25) is 0 Å². The molecular weight excluding hydrogens is 308 g/mol. The third-order valence-corrected chi connectivity index (χ3v) is 4.29. The van der Waals surface area contributed by atoms with Gasteiger partial charge in [0, 0.05) is 12.5 Å². The lowest BCUT2D eigenvalue weighted by molar-refractivity contribution is -0.402. The number of rotatable bonds is 5. The van der Waals surface area contributed by atoms with Crippen molar-refractivity contribution in [3.63, 3.8) is 0 Å². The largest absolute Gasteiger partial charge is 0.274 e. The van der Waals surface area contributed by atoms with Crippen LogP contribution in [0, 0.1) is 22.0 Å². The molecule has 2 unspecified atom stereocenters. The Bertz CT molecular complexity index is 744. The van der Waals surface area contributed by atoms with E-state index >= 15 is 0 Å². The number of nitro groups is 1. The van der Waals surface area contributed by atoms with E-state index in [-0.39, 0.29) is 30.2 Å². The first kappa shape index (κ1) is 15.9. The molecule has 0 bridgehead atoms. The fourth-order valence-corrected chi connectivity index (χ4v) is 3.06. The molecule has 0 aromatic heterocycles. The first-order chi connectivity index (χ1) is 11.6. The summed E-state index contributed by atoms with van der Waals surface area (Å²) >= 11 is 0. The molecule has 0 spiro atoms. The van der Waals surface area contributed by atoms with Gasteiger partial charge in [-0.3, -0.25) is 24.6 Å². The van der Waals surface area contributed by atoms with Crippen LogP contribution in [-0.4, -0.2) is 28.2 Å². The third-order valence-electron chi connectivity index (χ3n) is 4.29. The van der Waals surface area contributed by atoms with E-state index in [2.05, 4.69) is 0 Å². The second-order valence-electron chi connectivity index (χ2n) is 5.73. The van der Waals surface area contributed by atoms with E-state index in [4.69, 9.17) is 0 Å². The predicted octanol–water partition coefficient (Wildman–Crippen LogP) is 2.82. The predicted molar refractivity (Wildman–Crippen MR) is 87.8 cm³/mol. The lowest BCUT2D eigenvalue weighted by atomic mass is 9.86. The van der Waals surface area contributed by atoms with E-state index in [0.717, 1.165) is 6.20 Å². The van der Waals surface area contributed by atoms with Gasteiger partial charge < -0.3 is 0 Å². The van der Waals surface area contributed by atoms with Gasteiger partial charge in [-0.05, 0) is 30.5 Å². The van der Waals surface area contributed by atoms with Crippen LogP contribution in [0.25, 0.3) is 0 Å². The Labute approximate surface area is 138 Å². The minimum Gasteiger partial charge on any atom is -0.274 e. The molecular formula is C18H16N2O4. The number of amides is 2. The molecule has 6 heteroatoms. The standard InChI is InChI=1S/C18H16N2O4/c21-17-15-7-3-4-8-16(15)18(22)19(17)11-9-13-5-1-2-6-14(13)10-12-20(23)24/h1-8,10,12-14H,9,11H2/b12-10+. The average molecular weight is 324 g/mol. The molecule has 2 aliphatic rings. The van der Waals surface area contributed by atoms with Crippen LogP contribution in [0.1, 0.15) is 27.1 Å². The normalized spacial score (nSPS) is 22.4. The fourth-order valence-electron chi connectivity index (χ4n) is 3.06. The highest BCUT2D eigenvalue weighted by Crippen LogP contribution is 2.27. The average Bonchev–Trinajstić information content (AvgIpc) is 2.83. The molecule has 2 amide bonds.